The van der Waals surface area contributed by atoms with E-state index in [9.17, 15) is 0 Å². The lowest BCUT2D eigenvalue weighted by Gasteiger charge is -2.26. The number of nitrogens with zero attached hydrogens (tertiary/aromatic N) is 2. The molecule has 5 heteroatoms. The first-order valence-corrected chi connectivity index (χ1v) is 8.70. The van der Waals surface area contributed by atoms with Crippen LogP contribution >= 0.6 is 11.6 Å². The number of unbranched alkanes of at least 4 members (excludes halogenated alkanes) is 1. The largest absolute Gasteiger partial charge is 0.271 e. The fourth-order valence-electron chi connectivity index (χ4n) is 2.94. The van der Waals surface area contributed by atoms with Crippen molar-refractivity contribution in [1.82, 2.24) is 15.2 Å². The molecule has 0 aliphatic heterocycles. The van der Waals surface area contributed by atoms with Crippen LogP contribution in [0.3, 0.4) is 0 Å². The molecule has 122 valence electrons. The summed E-state index contributed by atoms with van der Waals surface area (Å²) in [6.07, 6.45) is 6.53. The van der Waals surface area contributed by atoms with Crippen molar-refractivity contribution in [3.8, 4) is 0 Å². The standard InChI is InChI=1S/C16H31ClN4/c1-5-9-10-12(6-2)14(19-18)11-15-16(17)13(7-3)20-21(15)8-4/h12,14,19H,5-11,18H2,1-4H3. The molecule has 0 bridgehead atoms. The summed E-state index contributed by atoms with van der Waals surface area (Å²) in [7, 11) is 0. The summed E-state index contributed by atoms with van der Waals surface area (Å²) in [4.78, 5) is 0. The molecule has 2 unspecified atom stereocenters. The first kappa shape index (κ1) is 18.5. The normalized spacial score (nSPS) is 14.4. The first-order valence-electron chi connectivity index (χ1n) is 8.32. The molecule has 0 aliphatic carbocycles. The Kier molecular flexibility index (Phi) is 8.30. The number of rotatable bonds is 10. The van der Waals surface area contributed by atoms with Crippen molar-refractivity contribution in [2.75, 3.05) is 0 Å². The van der Waals surface area contributed by atoms with E-state index in [-0.39, 0.29) is 6.04 Å². The van der Waals surface area contributed by atoms with Crippen molar-refractivity contribution < 1.29 is 0 Å². The predicted molar refractivity (Wildman–Crippen MR) is 90.4 cm³/mol. The topological polar surface area (TPSA) is 55.9 Å². The van der Waals surface area contributed by atoms with Crippen LogP contribution in [-0.4, -0.2) is 15.8 Å². The Morgan fingerprint density at radius 2 is 2.00 bits per heavy atom. The van der Waals surface area contributed by atoms with Gasteiger partial charge in [-0.25, -0.2) is 0 Å². The number of nitrogens with one attached hydrogen (secondary N) is 1. The number of nitrogens with two attached hydrogens (primary N) is 1. The lowest BCUT2D eigenvalue weighted by Crippen LogP contribution is -2.42. The third-order valence-corrected chi connectivity index (χ3v) is 4.78. The van der Waals surface area contributed by atoms with Crippen LogP contribution in [0.5, 0.6) is 0 Å². The van der Waals surface area contributed by atoms with E-state index in [0.717, 1.165) is 42.2 Å². The van der Waals surface area contributed by atoms with Gasteiger partial charge >= 0.3 is 0 Å². The molecule has 3 N–H and O–H groups in total. The highest BCUT2D eigenvalue weighted by molar-refractivity contribution is 6.31. The monoisotopic (exact) mass is 314 g/mol. The lowest BCUT2D eigenvalue weighted by atomic mass is 9.89. The summed E-state index contributed by atoms with van der Waals surface area (Å²) in [5.41, 5.74) is 5.13. The number of hydrazine groups is 1. The van der Waals surface area contributed by atoms with Crippen molar-refractivity contribution in [2.45, 2.75) is 78.8 Å². The molecule has 0 fully saturated rings. The molecular formula is C16H31ClN4. The minimum absolute atomic E-state index is 0.255. The summed E-state index contributed by atoms with van der Waals surface area (Å²) in [6, 6.07) is 0.255. The smallest absolute Gasteiger partial charge is 0.0850 e. The van der Waals surface area contributed by atoms with Crippen LogP contribution in [0, 0.1) is 5.92 Å². The predicted octanol–water partition coefficient (Wildman–Crippen LogP) is 3.71. The molecule has 4 nitrogen and oxygen atoms in total. The summed E-state index contributed by atoms with van der Waals surface area (Å²) in [5.74, 6) is 6.41. The number of hydrogen-bond acceptors (Lipinski definition) is 3. The molecule has 1 heterocycles. The van der Waals surface area contributed by atoms with E-state index in [1.165, 1.54) is 19.3 Å². The van der Waals surface area contributed by atoms with Gasteiger partial charge in [0, 0.05) is 19.0 Å². The molecule has 0 radical (unpaired) electrons. The molecule has 0 spiro atoms. The highest BCUT2D eigenvalue weighted by Crippen LogP contribution is 2.26. The molecule has 1 aromatic heterocycles. The molecule has 1 aromatic rings. The van der Waals surface area contributed by atoms with E-state index in [2.05, 4.69) is 38.2 Å². The zero-order valence-electron chi connectivity index (χ0n) is 14.0. The van der Waals surface area contributed by atoms with Gasteiger partial charge in [0.15, 0.2) is 0 Å². The summed E-state index contributed by atoms with van der Waals surface area (Å²) in [6.45, 7) is 9.51. The average molecular weight is 315 g/mol. The molecule has 21 heavy (non-hydrogen) atoms. The Morgan fingerprint density at radius 3 is 2.48 bits per heavy atom. The zero-order valence-corrected chi connectivity index (χ0v) is 14.7. The van der Waals surface area contributed by atoms with Crippen molar-refractivity contribution >= 4 is 11.6 Å². The molecule has 0 aliphatic rings. The third kappa shape index (κ3) is 4.70. The highest BCUT2D eigenvalue weighted by Gasteiger charge is 2.23. The van der Waals surface area contributed by atoms with Crippen LogP contribution in [0.1, 0.15) is 64.8 Å². The fourth-order valence-corrected chi connectivity index (χ4v) is 3.28. The molecule has 0 amide bonds. The number of aromatic nitrogens is 2. The third-order valence-electron chi connectivity index (χ3n) is 4.34. The van der Waals surface area contributed by atoms with Crippen molar-refractivity contribution in [1.29, 1.82) is 0 Å². The van der Waals surface area contributed by atoms with E-state index in [1.807, 2.05) is 4.68 Å². The molecule has 0 saturated heterocycles. The maximum absolute atomic E-state index is 6.51. The summed E-state index contributed by atoms with van der Waals surface area (Å²) in [5, 5.41) is 5.42. The minimum atomic E-state index is 0.255. The van der Waals surface area contributed by atoms with Gasteiger partial charge in [-0.2, -0.15) is 5.10 Å². The van der Waals surface area contributed by atoms with E-state index >= 15 is 0 Å². The van der Waals surface area contributed by atoms with E-state index < -0.39 is 0 Å². The van der Waals surface area contributed by atoms with Gasteiger partial charge in [0.05, 0.1) is 16.4 Å². The van der Waals surface area contributed by atoms with E-state index in [0.29, 0.717) is 5.92 Å². The maximum Gasteiger partial charge on any atom is 0.0850 e. The van der Waals surface area contributed by atoms with Crippen LogP contribution in [0.2, 0.25) is 5.02 Å². The highest BCUT2D eigenvalue weighted by atomic mass is 35.5. The number of aryl methyl sites for hydroxylation is 2. The first-order chi connectivity index (χ1) is 10.1. The second-order valence-corrected chi connectivity index (χ2v) is 6.04. The SMILES string of the molecule is CCCCC(CC)C(Cc1c(Cl)c(CC)nn1CC)NN. The Hall–Kier alpha value is -0.580. The van der Waals surface area contributed by atoms with E-state index in [1.54, 1.807) is 0 Å². The van der Waals surface area contributed by atoms with Gasteiger partial charge in [0.1, 0.15) is 0 Å². The van der Waals surface area contributed by atoms with Gasteiger partial charge in [-0.05, 0) is 25.7 Å². The Labute approximate surface area is 134 Å². The Morgan fingerprint density at radius 1 is 1.29 bits per heavy atom. The average Bonchev–Trinajstić information content (AvgIpc) is 2.82. The molecule has 0 aromatic carbocycles. The van der Waals surface area contributed by atoms with Crippen LogP contribution in [0.25, 0.3) is 0 Å². The van der Waals surface area contributed by atoms with Gasteiger partial charge in [-0.3, -0.25) is 16.0 Å². The molecule has 2 atom stereocenters. The number of halogens is 1. The molecule has 0 saturated carbocycles. The van der Waals surface area contributed by atoms with Crippen molar-refractivity contribution in [2.24, 2.45) is 11.8 Å². The van der Waals surface area contributed by atoms with Gasteiger partial charge in [0.25, 0.3) is 0 Å². The quantitative estimate of drug-likeness (QED) is 0.511. The van der Waals surface area contributed by atoms with Crippen LogP contribution in [-0.2, 0) is 19.4 Å². The second kappa shape index (κ2) is 9.44. The van der Waals surface area contributed by atoms with E-state index in [4.69, 9.17) is 17.4 Å². The lowest BCUT2D eigenvalue weighted by molar-refractivity contribution is 0.313. The summed E-state index contributed by atoms with van der Waals surface area (Å²) < 4.78 is 2.03. The zero-order chi connectivity index (χ0) is 15.8. The van der Waals surface area contributed by atoms with Crippen LogP contribution in [0.4, 0.5) is 0 Å². The van der Waals surface area contributed by atoms with Crippen LogP contribution in [0.15, 0.2) is 0 Å². The molecular weight excluding hydrogens is 284 g/mol. The summed E-state index contributed by atoms with van der Waals surface area (Å²) >= 11 is 6.51. The van der Waals surface area contributed by atoms with Crippen LogP contribution < -0.4 is 11.3 Å². The minimum Gasteiger partial charge on any atom is -0.271 e. The number of hydrogen-bond donors (Lipinski definition) is 2. The van der Waals surface area contributed by atoms with Gasteiger partial charge in [-0.15, -0.1) is 0 Å². The van der Waals surface area contributed by atoms with Gasteiger partial charge < -0.3 is 0 Å². The fraction of sp³-hybridized carbons (Fsp3) is 0.812. The Balaban J connectivity index is 2.92. The maximum atomic E-state index is 6.51. The van der Waals surface area contributed by atoms with Crippen molar-refractivity contribution in [3.63, 3.8) is 0 Å². The molecule has 1 rings (SSSR count). The van der Waals surface area contributed by atoms with Gasteiger partial charge in [0.2, 0.25) is 0 Å². The van der Waals surface area contributed by atoms with Crippen molar-refractivity contribution in [3.05, 3.63) is 16.4 Å². The van der Waals surface area contributed by atoms with Gasteiger partial charge in [-0.1, -0.05) is 51.6 Å². The second-order valence-electron chi connectivity index (χ2n) is 5.66. The Bertz CT molecular complexity index is 417.